The topological polar surface area (TPSA) is 0 Å². The minimum atomic E-state index is -4.84. The number of fused-ring (bicyclic) bond motifs is 1. The molecular weight excluding hydrogens is 316 g/mol. The first kappa shape index (κ1) is 17.5. The highest BCUT2D eigenvalue weighted by atomic mass is 19.4. The van der Waals surface area contributed by atoms with Gasteiger partial charge in [0.15, 0.2) is 5.83 Å². The largest absolute Gasteiger partial charge is 0.442 e. The van der Waals surface area contributed by atoms with Crippen LogP contribution >= 0.6 is 0 Å². The van der Waals surface area contributed by atoms with Crippen LogP contribution in [0.4, 0.5) is 17.6 Å². The predicted molar refractivity (Wildman–Crippen MR) is 87.6 cm³/mol. The van der Waals surface area contributed by atoms with Crippen LogP contribution in [-0.2, 0) is 12.8 Å². The fourth-order valence-corrected chi connectivity index (χ4v) is 4.13. The Kier molecular flexibility index (Phi) is 5.03. The van der Waals surface area contributed by atoms with Crippen LogP contribution < -0.4 is 0 Å². The van der Waals surface area contributed by atoms with Crippen molar-refractivity contribution in [3.05, 3.63) is 46.8 Å². The van der Waals surface area contributed by atoms with Crippen LogP contribution in [-0.4, -0.2) is 6.18 Å². The van der Waals surface area contributed by atoms with Crippen LogP contribution in [0.2, 0.25) is 0 Å². The van der Waals surface area contributed by atoms with Gasteiger partial charge in [0.05, 0.1) is 0 Å². The molecule has 2 aliphatic rings. The van der Waals surface area contributed by atoms with Gasteiger partial charge in [-0.3, -0.25) is 0 Å². The third-order valence-electron chi connectivity index (χ3n) is 5.60. The van der Waals surface area contributed by atoms with E-state index in [1.807, 2.05) is 0 Å². The molecule has 24 heavy (non-hydrogen) atoms. The van der Waals surface area contributed by atoms with E-state index in [1.54, 1.807) is 0 Å². The highest BCUT2D eigenvalue weighted by Crippen LogP contribution is 2.39. The number of benzene rings is 1. The molecule has 1 fully saturated rings. The molecule has 1 aromatic rings. The molecule has 0 nitrogen and oxygen atoms in total. The summed E-state index contributed by atoms with van der Waals surface area (Å²) in [5.74, 6) is -1.09. The number of halogens is 4. The standard InChI is InChI=1S/C20H24F4/c1-13-2-5-18-12-17(9-8-16(18)10-13)15-6-3-14(4-7-15)11-19(21)20(22,23)24/h8-9,11-15H,2-7,10H2,1H3. The number of hydrogen-bond acceptors (Lipinski definition) is 0. The van der Waals surface area contributed by atoms with Crippen LogP contribution in [0.5, 0.6) is 0 Å². The van der Waals surface area contributed by atoms with Crippen LogP contribution in [0, 0.1) is 11.8 Å². The van der Waals surface area contributed by atoms with Crippen molar-refractivity contribution < 1.29 is 17.6 Å². The maximum atomic E-state index is 13.1. The van der Waals surface area contributed by atoms with E-state index < -0.39 is 12.0 Å². The lowest BCUT2D eigenvalue weighted by Gasteiger charge is -2.29. The van der Waals surface area contributed by atoms with Crippen molar-refractivity contribution in [1.82, 2.24) is 0 Å². The van der Waals surface area contributed by atoms with Gasteiger partial charge in [0.2, 0.25) is 0 Å². The SMILES string of the molecule is CC1CCc2cc(C3CCC(C=C(F)C(F)(F)F)CC3)ccc2C1. The second-order valence-electron chi connectivity index (χ2n) is 7.50. The summed E-state index contributed by atoms with van der Waals surface area (Å²) in [5, 5.41) is 0. The summed E-state index contributed by atoms with van der Waals surface area (Å²) in [5.41, 5.74) is 4.19. The lowest BCUT2D eigenvalue weighted by atomic mass is 9.76. The number of hydrogen-bond donors (Lipinski definition) is 0. The van der Waals surface area contributed by atoms with Crippen molar-refractivity contribution in [1.29, 1.82) is 0 Å². The molecule has 0 radical (unpaired) electrons. The number of alkyl halides is 3. The van der Waals surface area contributed by atoms with E-state index in [-0.39, 0.29) is 5.92 Å². The van der Waals surface area contributed by atoms with Crippen molar-refractivity contribution in [3.63, 3.8) is 0 Å². The Balaban J connectivity index is 1.63. The fourth-order valence-electron chi connectivity index (χ4n) is 4.13. The van der Waals surface area contributed by atoms with E-state index in [1.165, 1.54) is 23.1 Å². The molecule has 0 bridgehead atoms. The first-order valence-electron chi connectivity index (χ1n) is 8.89. The average Bonchev–Trinajstić information content (AvgIpc) is 2.54. The van der Waals surface area contributed by atoms with Crippen LogP contribution in [0.1, 0.15) is 61.6 Å². The van der Waals surface area contributed by atoms with Crippen molar-refractivity contribution >= 4 is 0 Å². The van der Waals surface area contributed by atoms with Crippen LogP contribution in [0.15, 0.2) is 30.1 Å². The fraction of sp³-hybridized carbons (Fsp3) is 0.600. The molecule has 0 N–H and O–H groups in total. The Morgan fingerprint density at radius 1 is 1.04 bits per heavy atom. The van der Waals surface area contributed by atoms with Crippen molar-refractivity contribution in [2.24, 2.45) is 11.8 Å². The quantitative estimate of drug-likeness (QED) is 0.539. The molecule has 1 saturated carbocycles. The molecular formula is C20H24F4. The van der Waals surface area contributed by atoms with Gasteiger partial charge in [-0.2, -0.15) is 13.2 Å². The smallest absolute Gasteiger partial charge is 0.202 e. The zero-order valence-electron chi connectivity index (χ0n) is 14.0. The summed E-state index contributed by atoms with van der Waals surface area (Å²) in [7, 11) is 0. The Hall–Kier alpha value is -1.32. The summed E-state index contributed by atoms with van der Waals surface area (Å²) in [6, 6.07) is 6.72. The van der Waals surface area contributed by atoms with Gasteiger partial charge in [-0.05, 0) is 85.5 Å². The van der Waals surface area contributed by atoms with Gasteiger partial charge in [-0.25, -0.2) is 4.39 Å². The summed E-state index contributed by atoms with van der Waals surface area (Å²) < 4.78 is 49.9. The van der Waals surface area contributed by atoms with Gasteiger partial charge in [0, 0.05) is 0 Å². The first-order valence-corrected chi connectivity index (χ1v) is 8.89. The van der Waals surface area contributed by atoms with E-state index in [2.05, 4.69) is 25.1 Å². The summed E-state index contributed by atoms with van der Waals surface area (Å²) in [6.07, 6.45) is 2.36. The van der Waals surface area contributed by atoms with E-state index in [4.69, 9.17) is 0 Å². The molecule has 1 atom stereocenters. The van der Waals surface area contributed by atoms with Gasteiger partial charge in [-0.1, -0.05) is 25.1 Å². The van der Waals surface area contributed by atoms with Gasteiger partial charge in [0.1, 0.15) is 0 Å². The third kappa shape index (κ3) is 4.01. The Morgan fingerprint density at radius 2 is 1.75 bits per heavy atom. The normalized spacial score (nSPS) is 28.5. The van der Waals surface area contributed by atoms with E-state index in [0.29, 0.717) is 18.8 Å². The Labute approximate surface area is 141 Å². The molecule has 1 aromatic carbocycles. The predicted octanol–water partition coefficient (Wildman–Crippen LogP) is 6.50. The molecule has 0 saturated heterocycles. The molecule has 2 aliphatic carbocycles. The zero-order valence-corrected chi connectivity index (χ0v) is 14.0. The molecule has 132 valence electrons. The zero-order chi connectivity index (χ0) is 17.3. The molecule has 4 heteroatoms. The average molecular weight is 340 g/mol. The lowest BCUT2D eigenvalue weighted by molar-refractivity contribution is -0.109. The lowest BCUT2D eigenvalue weighted by Crippen LogP contribution is -2.16. The van der Waals surface area contributed by atoms with Crippen LogP contribution in [0.25, 0.3) is 0 Å². The number of aryl methyl sites for hydroxylation is 1. The molecule has 0 aliphatic heterocycles. The molecule has 3 rings (SSSR count). The maximum Gasteiger partial charge on any atom is 0.442 e. The second kappa shape index (κ2) is 6.89. The van der Waals surface area contributed by atoms with E-state index in [9.17, 15) is 17.6 Å². The highest BCUT2D eigenvalue weighted by molar-refractivity contribution is 5.36. The third-order valence-corrected chi connectivity index (χ3v) is 5.60. The van der Waals surface area contributed by atoms with E-state index >= 15 is 0 Å². The minimum absolute atomic E-state index is 0.290. The van der Waals surface area contributed by atoms with Crippen molar-refractivity contribution in [2.75, 3.05) is 0 Å². The molecule has 0 spiro atoms. The minimum Gasteiger partial charge on any atom is -0.202 e. The summed E-state index contributed by atoms with van der Waals surface area (Å²) in [4.78, 5) is 0. The monoisotopic (exact) mass is 340 g/mol. The molecule has 0 aromatic heterocycles. The Morgan fingerprint density at radius 3 is 2.42 bits per heavy atom. The van der Waals surface area contributed by atoms with Crippen molar-refractivity contribution in [3.8, 4) is 0 Å². The van der Waals surface area contributed by atoms with Gasteiger partial charge in [0.25, 0.3) is 0 Å². The first-order chi connectivity index (χ1) is 11.3. The van der Waals surface area contributed by atoms with Gasteiger partial charge < -0.3 is 0 Å². The number of rotatable bonds is 2. The summed E-state index contributed by atoms with van der Waals surface area (Å²) >= 11 is 0. The highest BCUT2D eigenvalue weighted by Gasteiger charge is 2.35. The Bertz CT molecular complexity index is 607. The molecule has 0 heterocycles. The number of allylic oxidation sites excluding steroid dienone is 2. The van der Waals surface area contributed by atoms with Gasteiger partial charge >= 0.3 is 6.18 Å². The maximum absolute atomic E-state index is 13.1. The molecule has 1 unspecified atom stereocenters. The molecule has 0 amide bonds. The van der Waals surface area contributed by atoms with Gasteiger partial charge in [-0.15, -0.1) is 0 Å². The summed E-state index contributed by atoms with van der Waals surface area (Å²) in [6.45, 7) is 2.28. The van der Waals surface area contributed by atoms with Crippen LogP contribution in [0.3, 0.4) is 0 Å². The van der Waals surface area contributed by atoms with E-state index in [0.717, 1.165) is 37.7 Å². The van der Waals surface area contributed by atoms with Crippen molar-refractivity contribution in [2.45, 2.75) is 64.0 Å². The second-order valence-corrected chi connectivity index (χ2v) is 7.50.